The highest BCUT2D eigenvalue weighted by atomic mass is 16.4. The van der Waals surface area contributed by atoms with Crippen LogP contribution in [0.4, 0.5) is 0 Å². The topological polar surface area (TPSA) is 57.5 Å². The Morgan fingerprint density at radius 2 is 1.59 bits per heavy atom. The fourth-order valence-corrected chi connectivity index (χ4v) is 6.23. The molecule has 0 spiro atoms. The van der Waals surface area contributed by atoms with Crippen molar-refractivity contribution >= 4 is 17.6 Å². The molecule has 3 saturated carbocycles. The van der Waals surface area contributed by atoms with Crippen molar-refractivity contribution in [2.24, 2.45) is 23.7 Å². The number of hydrogen-bond donors (Lipinski definition) is 2. The van der Waals surface area contributed by atoms with Crippen LogP contribution in [0.2, 0.25) is 0 Å². The van der Waals surface area contributed by atoms with Crippen LogP contribution < -0.4 is 0 Å². The molecule has 0 unspecified atom stereocenters. The van der Waals surface area contributed by atoms with E-state index in [1.165, 1.54) is 49.3 Å². The first-order valence-corrected chi connectivity index (χ1v) is 10.6. The molecule has 2 N–H and O–H groups in total. The third-order valence-electron chi connectivity index (χ3n) is 7.33. The number of rotatable bonds is 4. The predicted octanol–water partition coefficient (Wildman–Crippen LogP) is 5.75. The predicted molar refractivity (Wildman–Crippen MR) is 114 cm³/mol. The van der Waals surface area contributed by atoms with Gasteiger partial charge >= 0.3 is 5.97 Å². The van der Waals surface area contributed by atoms with Gasteiger partial charge in [-0.3, -0.25) is 0 Å². The molecule has 148 valence electrons. The van der Waals surface area contributed by atoms with Crippen molar-refractivity contribution in [2.75, 3.05) is 0 Å². The second kappa shape index (κ2) is 7.22. The largest absolute Gasteiger partial charge is 0.508 e. The minimum atomic E-state index is -0.936. The van der Waals surface area contributed by atoms with Crippen LogP contribution in [-0.4, -0.2) is 16.2 Å². The van der Waals surface area contributed by atoms with Gasteiger partial charge in [-0.1, -0.05) is 48.4 Å². The lowest BCUT2D eigenvalue weighted by Gasteiger charge is -2.29. The summed E-state index contributed by atoms with van der Waals surface area (Å²) in [6, 6.07) is 15.8. The van der Waals surface area contributed by atoms with E-state index in [0.717, 1.165) is 28.9 Å². The van der Waals surface area contributed by atoms with Crippen molar-refractivity contribution in [3.05, 3.63) is 76.9 Å². The van der Waals surface area contributed by atoms with Crippen LogP contribution >= 0.6 is 0 Å². The fraction of sp³-hybridized carbons (Fsp3) is 0.346. The van der Waals surface area contributed by atoms with Crippen LogP contribution in [0.1, 0.15) is 48.8 Å². The van der Waals surface area contributed by atoms with Crippen LogP contribution in [0, 0.1) is 23.7 Å². The lowest BCUT2D eigenvalue weighted by molar-refractivity contribution is -0.131. The first-order valence-electron chi connectivity index (χ1n) is 10.6. The Bertz CT molecular complexity index is 982. The maximum absolute atomic E-state index is 10.8. The van der Waals surface area contributed by atoms with E-state index >= 15 is 0 Å². The molecular weight excluding hydrogens is 360 g/mol. The standard InChI is InChI=1S/C26H26O3/c27-20-11-9-18(10-12-20)26(17-7-4-16(5-8-17)6-13-25(28)29)24-15-19-14-23(24)22-3-1-2-21(19)22/h4-13,19,21-23,27H,1-3,14-15H2,(H,28,29)/b13-6+,26-24-/t19-,21+,22+,23-/m1/s1. The van der Waals surface area contributed by atoms with Gasteiger partial charge < -0.3 is 10.2 Å². The van der Waals surface area contributed by atoms with Crippen molar-refractivity contribution < 1.29 is 15.0 Å². The first-order chi connectivity index (χ1) is 14.1. The second-order valence-corrected chi connectivity index (χ2v) is 8.81. The number of aromatic hydroxyl groups is 1. The summed E-state index contributed by atoms with van der Waals surface area (Å²) in [4.78, 5) is 10.8. The summed E-state index contributed by atoms with van der Waals surface area (Å²) in [5.74, 6) is 2.68. The molecule has 3 heteroatoms. The molecule has 3 nitrogen and oxygen atoms in total. The van der Waals surface area contributed by atoms with E-state index in [0.29, 0.717) is 5.92 Å². The molecule has 0 heterocycles. The number of carboxylic acids is 1. The number of carboxylic acid groups (broad SMARTS) is 1. The average Bonchev–Trinajstić information content (AvgIpc) is 3.43. The Kier molecular flexibility index (Phi) is 4.54. The minimum absolute atomic E-state index is 0.288. The summed E-state index contributed by atoms with van der Waals surface area (Å²) in [7, 11) is 0. The normalized spacial score (nSPS) is 29.4. The molecule has 3 fully saturated rings. The number of hydrogen-bond acceptors (Lipinski definition) is 2. The smallest absolute Gasteiger partial charge is 0.328 e. The summed E-state index contributed by atoms with van der Waals surface area (Å²) in [5.41, 5.74) is 6.14. The zero-order valence-corrected chi connectivity index (χ0v) is 16.4. The Balaban J connectivity index is 1.57. The fourth-order valence-electron chi connectivity index (χ4n) is 6.23. The average molecular weight is 386 g/mol. The number of phenols is 1. The van der Waals surface area contributed by atoms with E-state index in [-0.39, 0.29) is 5.75 Å². The highest BCUT2D eigenvalue weighted by Gasteiger charge is 2.52. The van der Waals surface area contributed by atoms with Gasteiger partial charge in [0.25, 0.3) is 0 Å². The van der Waals surface area contributed by atoms with Crippen molar-refractivity contribution in [1.82, 2.24) is 0 Å². The highest BCUT2D eigenvalue weighted by molar-refractivity contribution is 5.86. The lowest BCUT2D eigenvalue weighted by atomic mass is 9.75. The van der Waals surface area contributed by atoms with E-state index < -0.39 is 5.97 Å². The number of fused-ring (bicyclic) bond motifs is 5. The summed E-state index contributed by atoms with van der Waals surface area (Å²) in [5, 5.41) is 18.6. The third-order valence-corrected chi connectivity index (χ3v) is 7.33. The van der Waals surface area contributed by atoms with Gasteiger partial charge in [-0.15, -0.1) is 0 Å². The molecule has 29 heavy (non-hydrogen) atoms. The molecule has 2 bridgehead atoms. The van der Waals surface area contributed by atoms with Crippen LogP contribution in [0.25, 0.3) is 11.6 Å². The van der Waals surface area contributed by atoms with Gasteiger partial charge in [0.2, 0.25) is 0 Å². The van der Waals surface area contributed by atoms with E-state index in [1.54, 1.807) is 23.8 Å². The van der Waals surface area contributed by atoms with Crippen LogP contribution in [0.15, 0.2) is 60.2 Å². The zero-order chi connectivity index (χ0) is 20.0. The van der Waals surface area contributed by atoms with Gasteiger partial charge in [-0.2, -0.15) is 0 Å². The van der Waals surface area contributed by atoms with Gasteiger partial charge in [-0.05, 0) is 89.8 Å². The SMILES string of the molecule is O=C(O)/C=C/c1ccc(/C(=C2\C[C@H]3C[C@@H]2[C@H]2CCC[C@@H]32)c2ccc(O)cc2)cc1. The molecule has 2 aromatic carbocycles. The first kappa shape index (κ1) is 18.2. The number of carbonyl (C=O) groups is 1. The summed E-state index contributed by atoms with van der Waals surface area (Å²) >= 11 is 0. The molecule has 0 aromatic heterocycles. The van der Waals surface area contributed by atoms with Crippen molar-refractivity contribution in [3.8, 4) is 5.75 Å². The van der Waals surface area contributed by atoms with E-state index in [9.17, 15) is 9.90 Å². The Labute approximate surface area is 171 Å². The third kappa shape index (κ3) is 3.29. The molecule has 5 rings (SSSR count). The monoisotopic (exact) mass is 386 g/mol. The maximum atomic E-state index is 10.8. The second-order valence-electron chi connectivity index (χ2n) is 8.81. The number of phenolic OH excluding ortho intramolecular Hbond substituents is 1. The number of benzene rings is 2. The molecule has 0 saturated heterocycles. The minimum Gasteiger partial charge on any atom is -0.508 e. The summed E-state index contributed by atoms with van der Waals surface area (Å²) in [6.45, 7) is 0. The zero-order valence-electron chi connectivity index (χ0n) is 16.4. The molecule has 2 aromatic rings. The van der Waals surface area contributed by atoms with E-state index in [1.807, 2.05) is 24.3 Å². The van der Waals surface area contributed by atoms with Gasteiger partial charge in [0, 0.05) is 6.08 Å². The van der Waals surface area contributed by atoms with Gasteiger partial charge in [0.15, 0.2) is 0 Å². The molecule has 0 radical (unpaired) electrons. The van der Waals surface area contributed by atoms with Crippen LogP contribution in [0.3, 0.4) is 0 Å². The van der Waals surface area contributed by atoms with Crippen molar-refractivity contribution in [3.63, 3.8) is 0 Å². The Hall–Kier alpha value is -2.81. The molecular formula is C26H26O3. The molecule has 0 amide bonds. The number of allylic oxidation sites excluding steroid dienone is 1. The number of aliphatic carboxylic acids is 1. The van der Waals surface area contributed by atoms with Gasteiger partial charge in [0.05, 0.1) is 0 Å². The van der Waals surface area contributed by atoms with Gasteiger partial charge in [-0.25, -0.2) is 4.79 Å². The summed E-state index contributed by atoms with van der Waals surface area (Å²) in [6.07, 6.45) is 9.50. The molecule has 0 aliphatic heterocycles. The van der Waals surface area contributed by atoms with E-state index in [2.05, 4.69) is 12.1 Å². The van der Waals surface area contributed by atoms with Crippen LogP contribution in [0.5, 0.6) is 5.75 Å². The maximum Gasteiger partial charge on any atom is 0.328 e. The lowest BCUT2D eigenvalue weighted by Crippen LogP contribution is -2.19. The van der Waals surface area contributed by atoms with Gasteiger partial charge in [0.1, 0.15) is 5.75 Å². The summed E-state index contributed by atoms with van der Waals surface area (Å²) < 4.78 is 0. The molecule has 4 atom stereocenters. The quantitative estimate of drug-likeness (QED) is 0.658. The van der Waals surface area contributed by atoms with Crippen molar-refractivity contribution in [2.45, 2.75) is 32.1 Å². The van der Waals surface area contributed by atoms with Crippen molar-refractivity contribution in [1.29, 1.82) is 0 Å². The molecule has 3 aliphatic carbocycles. The Morgan fingerprint density at radius 1 is 0.931 bits per heavy atom. The molecule has 3 aliphatic rings. The Morgan fingerprint density at radius 3 is 2.28 bits per heavy atom. The highest BCUT2D eigenvalue weighted by Crippen LogP contribution is 2.62. The van der Waals surface area contributed by atoms with E-state index in [4.69, 9.17) is 5.11 Å². The van der Waals surface area contributed by atoms with Crippen LogP contribution in [-0.2, 0) is 4.79 Å².